The van der Waals surface area contributed by atoms with E-state index >= 15 is 0 Å². The van der Waals surface area contributed by atoms with E-state index in [4.69, 9.17) is 18.9 Å². The van der Waals surface area contributed by atoms with Gasteiger partial charge in [0.15, 0.2) is 24.2 Å². The van der Waals surface area contributed by atoms with Crippen LogP contribution in [0.25, 0.3) is 0 Å². The van der Waals surface area contributed by atoms with Gasteiger partial charge in [0.1, 0.15) is 11.5 Å². The Bertz CT molecular complexity index is 867. The molecule has 1 aliphatic rings. The van der Waals surface area contributed by atoms with Crippen molar-refractivity contribution in [2.75, 3.05) is 31.5 Å². The average Bonchev–Trinajstić information content (AvgIpc) is 2.67. The van der Waals surface area contributed by atoms with Crippen molar-refractivity contribution in [3.05, 3.63) is 36.4 Å². The summed E-state index contributed by atoms with van der Waals surface area (Å²) in [4.78, 5) is 23.8. The van der Waals surface area contributed by atoms with Crippen LogP contribution in [0, 0.1) is 0 Å². The van der Waals surface area contributed by atoms with Crippen molar-refractivity contribution < 1.29 is 28.5 Å². The summed E-state index contributed by atoms with van der Waals surface area (Å²) in [6, 6.07) is 10.0. The SMILES string of the molecule is COc1ccc(NC(=O)C(C)Oc2ccc3c(c2)NC(=O)CO3)cc1OC. The number of nitrogens with one attached hydrogen (secondary N) is 2. The molecule has 27 heavy (non-hydrogen) atoms. The molecule has 8 heteroatoms. The number of rotatable bonds is 6. The predicted molar refractivity (Wildman–Crippen MR) is 98.8 cm³/mol. The zero-order valence-corrected chi connectivity index (χ0v) is 15.2. The number of methoxy groups -OCH3 is 2. The number of fused-ring (bicyclic) bond motifs is 1. The van der Waals surface area contributed by atoms with E-state index < -0.39 is 6.10 Å². The Morgan fingerprint density at radius 1 is 1.15 bits per heavy atom. The summed E-state index contributed by atoms with van der Waals surface area (Å²) in [5.74, 6) is 1.51. The van der Waals surface area contributed by atoms with Crippen molar-refractivity contribution >= 4 is 23.2 Å². The van der Waals surface area contributed by atoms with Crippen molar-refractivity contribution in [3.63, 3.8) is 0 Å². The number of ether oxygens (including phenoxy) is 4. The van der Waals surface area contributed by atoms with Gasteiger partial charge in [-0.05, 0) is 31.2 Å². The molecule has 0 bridgehead atoms. The van der Waals surface area contributed by atoms with Gasteiger partial charge in [-0.15, -0.1) is 0 Å². The molecule has 0 aromatic heterocycles. The van der Waals surface area contributed by atoms with Crippen LogP contribution in [0.15, 0.2) is 36.4 Å². The highest BCUT2D eigenvalue weighted by molar-refractivity contribution is 5.96. The lowest BCUT2D eigenvalue weighted by Gasteiger charge is -2.20. The molecule has 1 heterocycles. The normalized spacial score (nSPS) is 13.5. The van der Waals surface area contributed by atoms with Gasteiger partial charge in [-0.25, -0.2) is 0 Å². The fraction of sp³-hybridized carbons (Fsp3) is 0.263. The second kappa shape index (κ2) is 7.86. The van der Waals surface area contributed by atoms with E-state index in [2.05, 4.69) is 10.6 Å². The third-order valence-corrected chi connectivity index (χ3v) is 3.92. The zero-order chi connectivity index (χ0) is 19.4. The average molecular weight is 372 g/mol. The first-order valence-corrected chi connectivity index (χ1v) is 8.26. The Morgan fingerprint density at radius 2 is 1.93 bits per heavy atom. The summed E-state index contributed by atoms with van der Waals surface area (Å²) >= 11 is 0. The lowest BCUT2D eigenvalue weighted by molar-refractivity contribution is -0.122. The van der Waals surface area contributed by atoms with Gasteiger partial charge in [0.2, 0.25) is 0 Å². The molecule has 8 nitrogen and oxygen atoms in total. The van der Waals surface area contributed by atoms with Gasteiger partial charge in [-0.1, -0.05) is 0 Å². The lowest BCUT2D eigenvalue weighted by Crippen LogP contribution is -2.30. The topological polar surface area (TPSA) is 95.1 Å². The Balaban J connectivity index is 1.66. The smallest absolute Gasteiger partial charge is 0.265 e. The van der Waals surface area contributed by atoms with E-state index in [0.29, 0.717) is 34.4 Å². The molecule has 2 N–H and O–H groups in total. The molecular formula is C19H20N2O6. The molecule has 0 fully saturated rings. The van der Waals surface area contributed by atoms with E-state index in [1.807, 2.05) is 0 Å². The van der Waals surface area contributed by atoms with Crippen LogP contribution in [0.5, 0.6) is 23.0 Å². The highest BCUT2D eigenvalue weighted by Gasteiger charge is 2.19. The van der Waals surface area contributed by atoms with E-state index in [0.717, 1.165) is 0 Å². The van der Waals surface area contributed by atoms with Crippen LogP contribution in [0.2, 0.25) is 0 Å². The van der Waals surface area contributed by atoms with Crippen molar-refractivity contribution in [1.29, 1.82) is 0 Å². The molecule has 1 unspecified atom stereocenters. The Hall–Kier alpha value is -3.42. The van der Waals surface area contributed by atoms with Gasteiger partial charge in [-0.2, -0.15) is 0 Å². The van der Waals surface area contributed by atoms with Crippen LogP contribution in [-0.4, -0.2) is 38.7 Å². The maximum absolute atomic E-state index is 12.4. The highest BCUT2D eigenvalue weighted by atomic mass is 16.5. The highest BCUT2D eigenvalue weighted by Crippen LogP contribution is 2.32. The minimum atomic E-state index is -0.767. The molecule has 0 radical (unpaired) electrons. The van der Waals surface area contributed by atoms with Crippen LogP contribution in [0.1, 0.15) is 6.92 Å². The quantitative estimate of drug-likeness (QED) is 0.809. The minimum Gasteiger partial charge on any atom is -0.493 e. The van der Waals surface area contributed by atoms with Crippen molar-refractivity contribution in [3.8, 4) is 23.0 Å². The molecule has 0 spiro atoms. The van der Waals surface area contributed by atoms with Gasteiger partial charge < -0.3 is 29.6 Å². The molecule has 2 amide bonds. The summed E-state index contributed by atoms with van der Waals surface area (Å²) in [6.45, 7) is 1.61. The molecule has 3 rings (SSSR count). The van der Waals surface area contributed by atoms with Gasteiger partial charge in [0.05, 0.1) is 19.9 Å². The fourth-order valence-electron chi connectivity index (χ4n) is 2.55. The van der Waals surface area contributed by atoms with Gasteiger partial charge in [0, 0.05) is 17.8 Å². The molecule has 2 aromatic rings. The molecule has 0 saturated carbocycles. The predicted octanol–water partition coefficient (Wildman–Crippen LogP) is 2.44. The summed E-state index contributed by atoms with van der Waals surface area (Å²) in [7, 11) is 3.06. The monoisotopic (exact) mass is 372 g/mol. The molecule has 1 aliphatic heterocycles. The minimum absolute atomic E-state index is 0.0165. The molecule has 0 saturated heterocycles. The standard InChI is InChI=1S/C19H20N2O6/c1-11(19(23)20-12-4-6-16(24-2)17(8-12)25-3)27-13-5-7-15-14(9-13)21-18(22)10-26-15/h4-9,11H,10H2,1-3H3,(H,20,23)(H,21,22). The Kier molecular flexibility index (Phi) is 5.35. The largest absolute Gasteiger partial charge is 0.493 e. The summed E-state index contributed by atoms with van der Waals surface area (Å²) in [5, 5.41) is 5.46. The van der Waals surface area contributed by atoms with Crippen molar-refractivity contribution in [2.45, 2.75) is 13.0 Å². The van der Waals surface area contributed by atoms with Crippen molar-refractivity contribution in [2.24, 2.45) is 0 Å². The number of anilines is 2. The fourth-order valence-corrected chi connectivity index (χ4v) is 2.55. The first kappa shape index (κ1) is 18.4. The van der Waals surface area contributed by atoms with Gasteiger partial charge >= 0.3 is 0 Å². The second-order valence-corrected chi connectivity index (χ2v) is 5.81. The molecule has 1 atom stereocenters. The summed E-state index contributed by atoms with van der Waals surface area (Å²) < 4.78 is 21.4. The van der Waals surface area contributed by atoms with Crippen LogP contribution in [-0.2, 0) is 9.59 Å². The number of benzene rings is 2. The molecule has 0 aliphatic carbocycles. The third-order valence-electron chi connectivity index (χ3n) is 3.92. The Labute approximate surface area is 156 Å². The van der Waals surface area contributed by atoms with E-state index in [9.17, 15) is 9.59 Å². The molecule has 142 valence electrons. The van der Waals surface area contributed by atoms with Crippen LogP contribution >= 0.6 is 0 Å². The van der Waals surface area contributed by atoms with Gasteiger partial charge in [-0.3, -0.25) is 9.59 Å². The first-order chi connectivity index (χ1) is 13.0. The number of hydrogen-bond acceptors (Lipinski definition) is 6. The van der Waals surface area contributed by atoms with Crippen LogP contribution < -0.4 is 29.6 Å². The number of hydrogen-bond donors (Lipinski definition) is 2. The number of carbonyl (C=O) groups excluding carboxylic acids is 2. The first-order valence-electron chi connectivity index (χ1n) is 8.26. The Morgan fingerprint density at radius 3 is 2.67 bits per heavy atom. The van der Waals surface area contributed by atoms with Crippen LogP contribution in [0.4, 0.5) is 11.4 Å². The third kappa shape index (κ3) is 4.22. The van der Waals surface area contributed by atoms with E-state index in [1.165, 1.54) is 14.2 Å². The zero-order valence-electron chi connectivity index (χ0n) is 15.2. The molecular weight excluding hydrogens is 352 g/mol. The van der Waals surface area contributed by atoms with E-state index in [1.54, 1.807) is 43.3 Å². The maximum atomic E-state index is 12.4. The lowest BCUT2D eigenvalue weighted by atomic mass is 10.2. The second-order valence-electron chi connectivity index (χ2n) is 5.81. The van der Waals surface area contributed by atoms with Gasteiger partial charge in [0.25, 0.3) is 11.8 Å². The summed E-state index contributed by atoms with van der Waals surface area (Å²) in [5.41, 5.74) is 1.07. The van der Waals surface area contributed by atoms with Crippen molar-refractivity contribution in [1.82, 2.24) is 0 Å². The summed E-state index contributed by atoms with van der Waals surface area (Å²) in [6.07, 6.45) is -0.767. The van der Waals surface area contributed by atoms with E-state index in [-0.39, 0.29) is 18.4 Å². The maximum Gasteiger partial charge on any atom is 0.265 e. The number of carbonyl (C=O) groups is 2. The number of amides is 2. The molecule has 2 aromatic carbocycles. The van der Waals surface area contributed by atoms with Crippen LogP contribution in [0.3, 0.4) is 0 Å².